The molecule has 3 aromatic rings. The lowest BCUT2D eigenvalue weighted by atomic mass is 10.4. The van der Waals surface area contributed by atoms with Gasteiger partial charge in [0.05, 0.1) is 5.69 Å². The lowest BCUT2D eigenvalue weighted by molar-refractivity contribution is 0.215. The minimum Gasteiger partial charge on any atom is -0.346 e. The molecule has 0 atom stereocenters. The number of anilines is 2. The Labute approximate surface area is 178 Å². The van der Waals surface area contributed by atoms with Gasteiger partial charge in [0.15, 0.2) is 5.13 Å². The zero-order valence-corrected chi connectivity index (χ0v) is 17.7. The maximum Gasteiger partial charge on any atom is 0.321 e. The van der Waals surface area contributed by atoms with E-state index in [-0.39, 0.29) is 6.03 Å². The molecule has 7 nitrogen and oxygen atoms in total. The first-order valence-corrected chi connectivity index (χ1v) is 11.1. The topological polar surface area (TPSA) is 74.2 Å². The maximum atomic E-state index is 12.8. The SMILES string of the molecule is Cc1csc(N2CCCN(C(=O)Nc3ccnc(Sc4ccccn4)c3)CC2)n1. The summed E-state index contributed by atoms with van der Waals surface area (Å²) in [5.41, 5.74) is 1.78. The normalized spacial score (nSPS) is 14.5. The lowest BCUT2D eigenvalue weighted by Crippen LogP contribution is -2.38. The number of aryl methyl sites for hydroxylation is 1. The zero-order valence-electron chi connectivity index (χ0n) is 16.1. The summed E-state index contributed by atoms with van der Waals surface area (Å²) in [5, 5.41) is 7.77. The van der Waals surface area contributed by atoms with Gasteiger partial charge in [-0.1, -0.05) is 17.8 Å². The average Bonchev–Trinajstić information content (AvgIpc) is 3.01. The fraction of sp³-hybridized carbons (Fsp3) is 0.300. The molecule has 0 aliphatic carbocycles. The van der Waals surface area contributed by atoms with Crippen molar-refractivity contribution in [1.29, 1.82) is 0 Å². The molecule has 0 aromatic carbocycles. The first-order valence-electron chi connectivity index (χ1n) is 9.45. The highest BCUT2D eigenvalue weighted by Crippen LogP contribution is 2.26. The van der Waals surface area contributed by atoms with E-state index in [4.69, 9.17) is 0 Å². The molecule has 0 radical (unpaired) electrons. The van der Waals surface area contributed by atoms with E-state index >= 15 is 0 Å². The van der Waals surface area contributed by atoms with Gasteiger partial charge in [-0.2, -0.15) is 0 Å². The predicted molar refractivity (Wildman–Crippen MR) is 117 cm³/mol. The van der Waals surface area contributed by atoms with Crippen LogP contribution in [0.3, 0.4) is 0 Å². The van der Waals surface area contributed by atoms with Crippen LogP contribution in [-0.2, 0) is 0 Å². The number of urea groups is 1. The van der Waals surface area contributed by atoms with Crippen LogP contribution in [0.5, 0.6) is 0 Å². The van der Waals surface area contributed by atoms with Crippen LogP contribution >= 0.6 is 23.1 Å². The lowest BCUT2D eigenvalue weighted by Gasteiger charge is -2.22. The standard InChI is InChI=1S/C20H22N6OS2/c1-15-14-28-20(23-15)26-10-4-9-25(11-12-26)19(27)24-16-6-8-22-18(13-16)29-17-5-2-3-7-21-17/h2-3,5-8,13-14H,4,9-12H2,1H3,(H,22,24,27). The maximum absolute atomic E-state index is 12.8. The first kappa shape index (κ1) is 19.7. The summed E-state index contributed by atoms with van der Waals surface area (Å²) < 4.78 is 0. The van der Waals surface area contributed by atoms with E-state index in [0.29, 0.717) is 6.54 Å². The highest BCUT2D eigenvalue weighted by Gasteiger charge is 2.21. The summed E-state index contributed by atoms with van der Waals surface area (Å²) in [6.07, 6.45) is 4.38. The minimum absolute atomic E-state index is 0.0813. The molecule has 1 fully saturated rings. The van der Waals surface area contributed by atoms with Gasteiger partial charge in [-0.05, 0) is 37.6 Å². The monoisotopic (exact) mass is 426 g/mol. The molecule has 0 bridgehead atoms. The molecule has 3 aromatic heterocycles. The number of aromatic nitrogens is 3. The number of hydrogen-bond donors (Lipinski definition) is 1. The van der Waals surface area contributed by atoms with Gasteiger partial charge < -0.3 is 15.1 Å². The van der Waals surface area contributed by atoms with E-state index in [9.17, 15) is 4.79 Å². The van der Waals surface area contributed by atoms with Gasteiger partial charge in [-0.25, -0.2) is 19.7 Å². The zero-order chi connectivity index (χ0) is 20.1. The summed E-state index contributed by atoms with van der Waals surface area (Å²) in [5.74, 6) is 0. The van der Waals surface area contributed by atoms with Gasteiger partial charge in [-0.15, -0.1) is 11.3 Å². The van der Waals surface area contributed by atoms with Crippen molar-refractivity contribution >= 4 is 39.9 Å². The molecule has 0 unspecified atom stereocenters. The number of carbonyl (C=O) groups excluding carboxylic acids is 1. The van der Waals surface area contributed by atoms with E-state index < -0.39 is 0 Å². The van der Waals surface area contributed by atoms with Crippen LogP contribution in [0.4, 0.5) is 15.6 Å². The number of carbonyl (C=O) groups is 1. The minimum atomic E-state index is -0.0813. The number of nitrogens with zero attached hydrogens (tertiary/aromatic N) is 5. The molecule has 0 spiro atoms. The fourth-order valence-electron chi connectivity index (χ4n) is 3.06. The van der Waals surface area contributed by atoms with Gasteiger partial charge in [0.25, 0.3) is 0 Å². The van der Waals surface area contributed by atoms with Crippen molar-refractivity contribution in [2.45, 2.75) is 23.4 Å². The van der Waals surface area contributed by atoms with Crippen LogP contribution in [0.1, 0.15) is 12.1 Å². The second-order valence-corrected chi connectivity index (χ2v) is 8.56. The molecule has 0 saturated carbocycles. The number of pyridine rings is 2. The van der Waals surface area contributed by atoms with Crippen LogP contribution in [0.2, 0.25) is 0 Å². The van der Waals surface area contributed by atoms with Crippen LogP contribution in [-0.4, -0.2) is 52.1 Å². The Morgan fingerprint density at radius 2 is 2.00 bits per heavy atom. The summed E-state index contributed by atoms with van der Waals surface area (Å²) in [6.45, 7) is 5.11. The molecule has 9 heteroatoms. The van der Waals surface area contributed by atoms with Gasteiger partial charge in [0, 0.05) is 49.6 Å². The van der Waals surface area contributed by atoms with Crippen LogP contribution < -0.4 is 10.2 Å². The third-order valence-electron chi connectivity index (χ3n) is 4.49. The summed E-state index contributed by atoms with van der Waals surface area (Å²) in [6, 6.07) is 9.36. The van der Waals surface area contributed by atoms with Gasteiger partial charge in [-0.3, -0.25) is 0 Å². The number of hydrogen-bond acceptors (Lipinski definition) is 7. The van der Waals surface area contributed by atoms with Crippen molar-refractivity contribution in [3.8, 4) is 0 Å². The van der Waals surface area contributed by atoms with Crippen molar-refractivity contribution in [1.82, 2.24) is 19.9 Å². The van der Waals surface area contributed by atoms with Crippen molar-refractivity contribution in [2.24, 2.45) is 0 Å². The highest BCUT2D eigenvalue weighted by molar-refractivity contribution is 7.99. The van der Waals surface area contributed by atoms with E-state index in [1.165, 1.54) is 11.8 Å². The number of rotatable bonds is 4. The molecule has 150 valence electrons. The third-order valence-corrected chi connectivity index (χ3v) is 6.40. The van der Waals surface area contributed by atoms with Crippen LogP contribution in [0, 0.1) is 6.92 Å². The Bertz CT molecular complexity index is 964. The van der Waals surface area contributed by atoms with E-state index in [0.717, 1.165) is 52.6 Å². The Kier molecular flexibility index (Phi) is 6.26. The number of thiazole rings is 1. The molecule has 4 heterocycles. The summed E-state index contributed by atoms with van der Waals surface area (Å²) in [7, 11) is 0. The van der Waals surface area contributed by atoms with Crippen LogP contribution in [0.25, 0.3) is 0 Å². The molecule has 1 aliphatic heterocycles. The van der Waals surface area contributed by atoms with Crippen molar-refractivity contribution in [3.05, 3.63) is 53.8 Å². The average molecular weight is 427 g/mol. The Balaban J connectivity index is 1.36. The quantitative estimate of drug-likeness (QED) is 0.676. The van der Waals surface area contributed by atoms with Crippen molar-refractivity contribution < 1.29 is 4.79 Å². The van der Waals surface area contributed by atoms with E-state index in [1.54, 1.807) is 23.7 Å². The largest absolute Gasteiger partial charge is 0.346 e. The molecule has 1 saturated heterocycles. The smallest absolute Gasteiger partial charge is 0.321 e. The second-order valence-electron chi connectivity index (χ2n) is 6.68. The first-order chi connectivity index (χ1) is 14.2. The summed E-state index contributed by atoms with van der Waals surface area (Å²) in [4.78, 5) is 30.1. The summed E-state index contributed by atoms with van der Waals surface area (Å²) >= 11 is 3.13. The number of amides is 2. The molecule has 4 rings (SSSR count). The molecule has 29 heavy (non-hydrogen) atoms. The van der Waals surface area contributed by atoms with Gasteiger partial charge in [0.2, 0.25) is 0 Å². The molecular formula is C20H22N6OS2. The van der Waals surface area contributed by atoms with Crippen molar-refractivity contribution in [3.63, 3.8) is 0 Å². The van der Waals surface area contributed by atoms with Crippen molar-refractivity contribution in [2.75, 3.05) is 36.4 Å². The highest BCUT2D eigenvalue weighted by atomic mass is 32.2. The van der Waals surface area contributed by atoms with Crippen LogP contribution in [0.15, 0.2) is 58.2 Å². The Morgan fingerprint density at radius 3 is 2.79 bits per heavy atom. The number of nitrogens with one attached hydrogen (secondary N) is 1. The molecular weight excluding hydrogens is 404 g/mol. The Morgan fingerprint density at radius 1 is 1.10 bits per heavy atom. The second kappa shape index (κ2) is 9.23. The Hall–Kier alpha value is -2.65. The third kappa shape index (κ3) is 5.24. The fourth-order valence-corrected chi connectivity index (χ4v) is 4.69. The van der Waals surface area contributed by atoms with E-state index in [1.807, 2.05) is 42.2 Å². The van der Waals surface area contributed by atoms with Gasteiger partial charge >= 0.3 is 6.03 Å². The van der Waals surface area contributed by atoms with Gasteiger partial charge in [0.1, 0.15) is 10.1 Å². The predicted octanol–water partition coefficient (Wildman–Crippen LogP) is 4.14. The van der Waals surface area contributed by atoms with E-state index in [2.05, 4.69) is 30.5 Å². The molecule has 1 N–H and O–H groups in total. The molecule has 2 amide bonds. The molecule has 1 aliphatic rings.